The number of carbonyl (C=O) groups excluding carboxylic acids is 1. The molecule has 0 N–H and O–H groups in total. The molecule has 0 bridgehead atoms. The third-order valence-corrected chi connectivity index (χ3v) is 3.65. The maximum Gasteiger partial charge on any atom is 0.344 e. The summed E-state index contributed by atoms with van der Waals surface area (Å²) in [7, 11) is -1.19. The van der Waals surface area contributed by atoms with Crippen molar-refractivity contribution in [3.8, 4) is 0 Å². The largest absolute Gasteiger partial charge is 0.465 e. The van der Waals surface area contributed by atoms with E-state index in [0.29, 0.717) is 0 Å². The van der Waals surface area contributed by atoms with E-state index in [9.17, 15) is 23.3 Å². The zero-order chi connectivity index (χ0) is 14.8. The summed E-state index contributed by atoms with van der Waals surface area (Å²) in [5.41, 5.74) is -0.667. The third kappa shape index (κ3) is 3.19. The van der Waals surface area contributed by atoms with Gasteiger partial charge in [-0.05, 0) is 12.1 Å². The van der Waals surface area contributed by atoms with Crippen LogP contribution in [0.5, 0.6) is 0 Å². The molecule has 19 heavy (non-hydrogen) atoms. The average molecular weight is 288 g/mol. The summed E-state index contributed by atoms with van der Waals surface area (Å²) in [6.45, 7) is 0. The van der Waals surface area contributed by atoms with Crippen molar-refractivity contribution in [1.29, 1.82) is 0 Å². The van der Waals surface area contributed by atoms with Gasteiger partial charge in [0, 0.05) is 13.1 Å². The van der Waals surface area contributed by atoms with Gasteiger partial charge in [-0.3, -0.25) is 14.4 Å². The summed E-state index contributed by atoms with van der Waals surface area (Å²) in [5, 5.41) is 10.9. The van der Waals surface area contributed by atoms with Crippen LogP contribution >= 0.6 is 0 Å². The lowest BCUT2D eigenvalue weighted by molar-refractivity contribution is -0.385. The first kappa shape index (κ1) is 14.9. The predicted molar refractivity (Wildman–Crippen MR) is 67.7 cm³/mol. The lowest BCUT2D eigenvalue weighted by Crippen LogP contribution is -2.25. The molecule has 9 heteroatoms. The van der Waals surface area contributed by atoms with Crippen molar-refractivity contribution in [3.63, 3.8) is 0 Å². The molecular weight excluding hydrogens is 276 g/mol. The third-order valence-electron chi connectivity index (χ3n) is 2.44. The van der Waals surface area contributed by atoms with Crippen molar-refractivity contribution < 1.29 is 22.9 Å². The van der Waals surface area contributed by atoms with Gasteiger partial charge >= 0.3 is 5.97 Å². The quantitative estimate of drug-likeness (QED) is 0.460. The van der Waals surface area contributed by atoms with Gasteiger partial charge in [0.25, 0.3) is 5.69 Å². The molecule has 1 aromatic carbocycles. The first-order valence-corrected chi connectivity index (χ1v) is 6.84. The SMILES string of the molecule is COC(=O)c1ccc(N(C)S(C)(=O)=O)cc1[N+](=O)[O-]. The normalized spacial score (nSPS) is 10.9. The van der Waals surface area contributed by atoms with Gasteiger partial charge in [0.1, 0.15) is 5.56 Å². The summed E-state index contributed by atoms with van der Waals surface area (Å²) in [6, 6.07) is 3.45. The van der Waals surface area contributed by atoms with Crippen LogP contribution in [0.25, 0.3) is 0 Å². The maximum absolute atomic E-state index is 11.4. The first-order chi connectivity index (χ1) is 8.68. The molecule has 0 saturated heterocycles. The second kappa shape index (κ2) is 5.22. The van der Waals surface area contributed by atoms with E-state index in [-0.39, 0.29) is 11.3 Å². The summed E-state index contributed by atoms with van der Waals surface area (Å²) >= 11 is 0. The number of methoxy groups -OCH3 is 1. The number of benzene rings is 1. The number of rotatable bonds is 4. The van der Waals surface area contributed by atoms with E-state index in [1.54, 1.807) is 0 Å². The summed E-state index contributed by atoms with van der Waals surface area (Å²) in [6.07, 6.45) is 0.965. The zero-order valence-corrected chi connectivity index (χ0v) is 11.3. The minimum absolute atomic E-state index is 0.0850. The van der Waals surface area contributed by atoms with E-state index in [1.807, 2.05) is 0 Å². The van der Waals surface area contributed by atoms with Crippen LogP contribution in [0.4, 0.5) is 11.4 Å². The Kier molecular flexibility index (Phi) is 4.10. The monoisotopic (exact) mass is 288 g/mol. The fourth-order valence-electron chi connectivity index (χ4n) is 1.34. The van der Waals surface area contributed by atoms with E-state index in [1.165, 1.54) is 13.1 Å². The number of esters is 1. The van der Waals surface area contributed by atoms with Crippen molar-refractivity contribution >= 4 is 27.4 Å². The van der Waals surface area contributed by atoms with Gasteiger partial charge in [-0.2, -0.15) is 0 Å². The Labute approximate surface area is 109 Å². The molecule has 0 aliphatic rings. The Balaban J connectivity index is 3.40. The molecule has 0 radical (unpaired) electrons. The van der Waals surface area contributed by atoms with Crippen LogP contribution in [0, 0.1) is 10.1 Å². The molecule has 0 aliphatic carbocycles. The molecule has 0 aliphatic heterocycles. The fourth-order valence-corrected chi connectivity index (χ4v) is 1.84. The predicted octanol–water partition coefficient (Wildman–Crippen LogP) is 0.777. The van der Waals surface area contributed by atoms with Crippen LogP contribution in [0.15, 0.2) is 18.2 Å². The number of anilines is 1. The smallest absolute Gasteiger partial charge is 0.344 e. The molecule has 0 atom stereocenters. The highest BCUT2D eigenvalue weighted by atomic mass is 32.2. The molecule has 1 rings (SSSR count). The first-order valence-electron chi connectivity index (χ1n) is 4.99. The van der Waals surface area contributed by atoms with E-state index in [2.05, 4.69) is 4.74 Å². The molecule has 0 saturated carbocycles. The van der Waals surface area contributed by atoms with Crippen molar-refractivity contribution in [3.05, 3.63) is 33.9 Å². The maximum atomic E-state index is 11.4. The zero-order valence-electron chi connectivity index (χ0n) is 10.5. The second-order valence-electron chi connectivity index (χ2n) is 3.68. The molecule has 8 nitrogen and oxygen atoms in total. The topological polar surface area (TPSA) is 107 Å². The van der Waals surface area contributed by atoms with E-state index < -0.39 is 26.6 Å². The van der Waals surface area contributed by atoms with Crippen molar-refractivity contribution in [2.45, 2.75) is 0 Å². The van der Waals surface area contributed by atoms with E-state index in [4.69, 9.17) is 0 Å². The molecule has 0 amide bonds. The van der Waals surface area contributed by atoms with Gasteiger partial charge in [0.15, 0.2) is 0 Å². The highest BCUT2D eigenvalue weighted by molar-refractivity contribution is 7.92. The highest BCUT2D eigenvalue weighted by Gasteiger charge is 2.23. The van der Waals surface area contributed by atoms with Gasteiger partial charge in [0.05, 0.1) is 24.0 Å². The summed E-state index contributed by atoms with van der Waals surface area (Å²) < 4.78 is 28.0. The number of sulfonamides is 1. The van der Waals surface area contributed by atoms with Crippen LogP contribution in [0.1, 0.15) is 10.4 Å². The standard InChI is InChI=1S/C10H12N2O6S/c1-11(19(3,16)17)7-4-5-8(10(13)18-2)9(6-7)12(14)15/h4-6H,1-3H3. The van der Waals surface area contributed by atoms with Crippen molar-refractivity contribution in [2.24, 2.45) is 0 Å². The minimum Gasteiger partial charge on any atom is -0.465 e. The van der Waals surface area contributed by atoms with E-state index >= 15 is 0 Å². The number of nitro benzene ring substituents is 1. The Morgan fingerprint density at radius 3 is 2.42 bits per heavy atom. The van der Waals surface area contributed by atoms with Crippen LogP contribution in [0.3, 0.4) is 0 Å². The van der Waals surface area contributed by atoms with Crippen molar-refractivity contribution in [2.75, 3.05) is 24.7 Å². The van der Waals surface area contributed by atoms with Crippen LogP contribution < -0.4 is 4.31 Å². The van der Waals surface area contributed by atoms with Gasteiger partial charge in [-0.1, -0.05) is 0 Å². The number of nitro groups is 1. The molecule has 0 fully saturated rings. The molecule has 104 valence electrons. The number of hydrogen-bond acceptors (Lipinski definition) is 6. The fraction of sp³-hybridized carbons (Fsp3) is 0.300. The van der Waals surface area contributed by atoms with Crippen LogP contribution in [-0.4, -0.2) is 39.7 Å². The lowest BCUT2D eigenvalue weighted by atomic mass is 10.1. The van der Waals surface area contributed by atoms with Gasteiger partial charge < -0.3 is 4.74 Å². The Hall–Kier alpha value is -2.16. The molecule has 0 unspecified atom stereocenters. The Morgan fingerprint density at radius 2 is 2.00 bits per heavy atom. The molecule has 0 spiro atoms. The number of ether oxygens (including phenoxy) is 1. The highest BCUT2D eigenvalue weighted by Crippen LogP contribution is 2.26. The minimum atomic E-state index is -3.54. The molecule has 0 heterocycles. The second-order valence-corrected chi connectivity index (χ2v) is 5.69. The van der Waals surface area contributed by atoms with Gasteiger partial charge in [0.2, 0.25) is 10.0 Å². The summed E-state index contributed by atoms with van der Waals surface area (Å²) in [5.74, 6) is -0.861. The Morgan fingerprint density at radius 1 is 1.42 bits per heavy atom. The molecule has 0 aromatic heterocycles. The van der Waals surface area contributed by atoms with Gasteiger partial charge in [-0.15, -0.1) is 0 Å². The van der Waals surface area contributed by atoms with E-state index in [0.717, 1.165) is 29.8 Å². The Bertz CT molecular complexity index is 625. The number of nitrogens with zero attached hydrogens (tertiary/aromatic N) is 2. The molecule has 1 aromatic rings. The molecular formula is C10H12N2O6S. The number of carbonyl (C=O) groups is 1. The van der Waals surface area contributed by atoms with Crippen LogP contribution in [0.2, 0.25) is 0 Å². The number of hydrogen-bond donors (Lipinski definition) is 0. The lowest BCUT2D eigenvalue weighted by Gasteiger charge is -2.16. The average Bonchev–Trinajstić information content (AvgIpc) is 2.35. The van der Waals surface area contributed by atoms with Crippen LogP contribution in [-0.2, 0) is 14.8 Å². The van der Waals surface area contributed by atoms with Gasteiger partial charge in [-0.25, -0.2) is 13.2 Å². The summed E-state index contributed by atoms with van der Waals surface area (Å²) in [4.78, 5) is 21.5. The van der Waals surface area contributed by atoms with Crippen molar-refractivity contribution in [1.82, 2.24) is 0 Å².